The molecular formula is C38H39F2I3N2O5S2. The molecule has 1 aromatic heterocycles. The highest BCUT2D eigenvalue weighted by Gasteiger charge is 2.42. The summed E-state index contributed by atoms with van der Waals surface area (Å²) in [7, 11) is 0. The number of ketones is 2. The van der Waals surface area contributed by atoms with Gasteiger partial charge in [0.05, 0.1) is 12.1 Å². The monoisotopic (exact) mass is 1090 g/mol. The van der Waals surface area contributed by atoms with Crippen molar-refractivity contribution in [3.8, 4) is 5.06 Å². The number of ether oxygens (including phenoxy) is 1. The molecule has 14 heteroatoms. The average molecular weight is 1090 g/mol. The standard InChI is InChI=1S/C20H20FNO3S.C18H18FNO2S.I2.HI/c1-12(23)25-18-10-14-11-22(9-8-17(14)26-18)19(20(24)13-6-7-13)15-4-2-3-5-16(15)21;19-14-4-2-1-3-13(14)17(18(22)11-5-6-11)20-8-7-15-12(10-20)9-16(21)23-15;1-2;/h2-5,10,13,19H,6-9,11H2,1H3;1-4,11,17H,5-10H2;;1H. The highest BCUT2D eigenvalue weighted by atomic mass is 128. The summed E-state index contributed by atoms with van der Waals surface area (Å²) in [6.45, 7) is 3.94. The number of rotatable bonds is 9. The van der Waals surface area contributed by atoms with Crippen LogP contribution in [0.15, 0.2) is 65.1 Å². The SMILES string of the molecule is CC(=O)Oc1cc2c(s1)CCN(C(C(=O)C1CC1)c1ccccc1F)C2.I.II.O=C1CC2=C(CCN(C(C(=O)C3CC3)c3ccccc3F)C2)S1. The van der Waals surface area contributed by atoms with Gasteiger partial charge in [0.1, 0.15) is 11.6 Å². The van der Waals surface area contributed by atoms with Crippen LogP contribution in [0.2, 0.25) is 0 Å². The molecule has 52 heavy (non-hydrogen) atoms. The number of fused-ring (bicyclic) bond motifs is 1. The van der Waals surface area contributed by atoms with E-state index in [1.54, 1.807) is 36.4 Å². The maximum absolute atomic E-state index is 14.4. The molecular weight excluding hydrogens is 1050 g/mol. The molecule has 5 aliphatic rings. The molecule has 2 fully saturated rings. The zero-order chi connectivity index (χ0) is 36.2. The van der Waals surface area contributed by atoms with Crippen LogP contribution < -0.4 is 4.74 Å². The summed E-state index contributed by atoms with van der Waals surface area (Å²) in [5.41, 5.74) is 3.12. The van der Waals surface area contributed by atoms with E-state index in [4.69, 9.17) is 4.74 Å². The van der Waals surface area contributed by atoms with E-state index in [-0.39, 0.29) is 70.1 Å². The Balaban J connectivity index is 0.000000190. The zero-order valence-corrected chi connectivity index (χ0v) is 36.7. The van der Waals surface area contributed by atoms with Crippen LogP contribution in [0.1, 0.15) is 79.1 Å². The number of esters is 1. The van der Waals surface area contributed by atoms with Gasteiger partial charge < -0.3 is 4.74 Å². The van der Waals surface area contributed by atoms with E-state index in [9.17, 15) is 28.0 Å². The summed E-state index contributed by atoms with van der Waals surface area (Å²) < 4.78 is 34.0. The molecule has 0 N–H and O–H groups in total. The number of hydrogen-bond donors (Lipinski definition) is 0. The lowest BCUT2D eigenvalue weighted by Crippen LogP contribution is -2.39. The molecule has 3 aromatic rings. The van der Waals surface area contributed by atoms with E-state index in [0.717, 1.165) is 54.6 Å². The first-order chi connectivity index (χ1) is 24.7. The summed E-state index contributed by atoms with van der Waals surface area (Å²) in [4.78, 5) is 55.0. The van der Waals surface area contributed by atoms with Crippen molar-refractivity contribution >= 4 is 107 Å². The number of thioether (sulfide) groups is 1. The number of thiophene rings is 1. The van der Waals surface area contributed by atoms with Crippen LogP contribution in [0.5, 0.6) is 5.06 Å². The van der Waals surface area contributed by atoms with Gasteiger partial charge in [0.15, 0.2) is 21.7 Å². The summed E-state index contributed by atoms with van der Waals surface area (Å²) in [5.74, 6) is -0.597. The van der Waals surface area contributed by atoms with Gasteiger partial charge in [0, 0.05) is 105 Å². The fourth-order valence-electron chi connectivity index (χ4n) is 7.06. The van der Waals surface area contributed by atoms with Crippen molar-refractivity contribution < 1.29 is 32.7 Å². The number of hydrogen-bond acceptors (Lipinski definition) is 9. The minimum Gasteiger partial charge on any atom is -0.416 e. The summed E-state index contributed by atoms with van der Waals surface area (Å²) >= 11 is 7.06. The fourth-order valence-corrected chi connectivity index (χ4v) is 9.10. The lowest BCUT2D eigenvalue weighted by Gasteiger charge is -2.34. The molecule has 278 valence electrons. The molecule has 7 nitrogen and oxygen atoms in total. The Morgan fingerprint density at radius 3 is 1.87 bits per heavy atom. The molecule has 2 aliphatic carbocycles. The Hall–Kier alpha value is -1.32. The third-order valence-electron chi connectivity index (χ3n) is 9.76. The minimum atomic E-state index is -0.547. The van der Waals surface area contributed by atoms with Crippen molar-refractivity contribution in [2.24, 2.45) is 11.8 Å². The topological polar surface area (TPSA) is 84.0 Å². The molecule has 0 bridgehead atoms. The Bertz CT molecular complexity index is 1850. The highest BCUT2D eigenvalue weighted by molar-refractivity contribution is 15.0. The molecule has 2 aromatic carbocycles. The summed E-state index contributed by atoms with van der Waals surface area (Å²) in [6, 6.07) is 14.0. The zero-order valence-electron chi connectivity index (χ0n) is 28.5. The van der Waals surface area contributed by atoms with Gasteiger partial charge in [-0.15, -0.1) is 35.3 Å². The maximum Gasteiger partial charge on any atom is 0.308 e. The van der Waals surface area contributed by atoms with Gasteiger partial charge in [-0.3, -0.25) is 29.0 Å². The normalized spacial score (nSPS) is 19.4. The molecule has 0 radical (unpaired) electrons. The predicted molar refractivity (Wildman–Crippen MR) is 227 cm³/mol. The fraction of sp³-hybridized carbons (Fsp3) is 0.421. The van der Waals surface area contributed by atoms with Crippen molar-refractivity contribution in [3.63, 3.8) is 0 Å². The third-order valence-corrected chi connectivity index (χ3v) is 12.0. The summed E-state index contributed by atoms with van der Waals surface area (Å²) in [6.07, 6.45) is 5.66. The van der Waals surface area contributed by atoms with E-state index in [2.05, 4.69) is 47.0 Å². The number of benzene rings is 2. The van der Waals surface area contributed by atoms with Crippen LogP contribution in [0.3, 0.4) is 0 Å². The quantitative estimate of drug-likeness (QED) is 0.155. The van der Waals surface area contributed by atoms with Crippen LogP contribution >= 0.6 is 84.3 Å². The number of Topliss-reactive ketones (excluding diaryl/α,β-unsaturated/α-hetero) is 2. The smallest absolute Gasteiger partial charge is 0.308 e. The largest absolute Gasteiger partial charge is 0.416 e. The number of carbonyl (C=O) groups is 4. The van der Waals surface area contributed by atoms with Crippen molar-refractivity contribution in [3.05, 3.63) is 98.3 Å². The highest BCUT2D eigenvalue weighted by Crippen LogP contribution is 2.44. The van der Waals surface area contributed by atoms with Gasteiger partial charge >= 0.3 is 5.97 Å². The number of nitrogens with zero attached hydrogens (tertiary/aromatic N) is 2. The van der Waals surface area contributed by atoms with Gasteiger partial charge in [0.2, 0.25) is 0 Å². The molecule has 0 saturated heterocycles. The second-order valence-corrected chi connectivity index (χ2v) is 15.7. The lowest BCUT2D eigenvalue weighted by molar-refractivity contribution is -0.131. The van der Waals surface area contributed by atoms with Gasteiger partial charge in [0.25, 0.3) is 0 Å². The van der Waals surface area contributed by atoms with Crippen LogP contribution in [0.25, 0.3) is 0 Å². The summed E-state index contributed by atoms with van der Waals surface area (Å²) in [5, 5.41) is 0.771. The van der Waals surface area contributed by atoms with Crippen molar-refractivity contribution in [2.75, 3.05) is 19.6 Å². The molecule has 3 aliphatic heterocycles. The van der Waals surface area contributed by atoms with Gasteiger partial charge in [-0.2, -0.15) is 0 Å². The molecule has 0 spiro atoms. The van der Waals surface area contributed by atoms with E-state index in [1.807, 2.05) is 6.07 Å². The van der Waals surface area contributed by atoms with E-state index in [1.165, 1.54) is 47.0 Å². The third kappa shape index (κ3) is 10.1. The van der Waals surface area contributed by atoms with E-state index in [0.29, 0.717) is 48.8 Å². The van der Waals surface area contributed by atoms with Crippen molar-refractivity contribution in [2.45, 2.75) is 70.5 Å². The Kier molecular flexibility index (Phi) is 15.3. The van der Waals surface area contributed by atoms with E-state index >= 15 is 0 Å². The first-order valence-corrected chi connectivity index (χ1v) is 25.0. The van der Waals surface area contributed by atoms with Crippen LogP contribution in [0, 0.1) is 23.5 Å². The Morgan fingerprint density at radius 1 is 0.827 bits per heavy atom. The van der Waals surface area contributed by atoms with Crippen molar-refractivity contribution in [1.82, 2.24) is 9.80 Å². The molecule has 0 amide bonds. The van der Waals surface area contributed by atoms with Crippen molar-refractivity contribution in [1.29, 1.82) is 0 Å². The molecule has 2 saturated carbocycles. The maximum atomic E-state index is 14.4. The van der Waals surface area contributed by atoms with Crippen LogP contribution in [-0.4, -0.2) is 52.1 Å². The first-order valence-electron chi connectivity index (χ1n) is 17.1. The van der Waals surface area contributed by atoms with Gasteiger partial charge in [-0.25, -0.2) is 8.78 Å². The molecule has 2 unspecified atom stereocenters. The van der Waals surface area contributed by atoms with Crippen LogP contribution in [0.4, 0.5) is 8.78 Å². The van der Waals surface area contributed by atoms with Gasteiger partial charge in [-0.05, 0) is 72.8 Å². The molecule has 4 heterocycles. The first kappa shape index (κ1) is 41.8. The van der Waals surface area contributed by atoms with E-state index < -0.39 is 12.1 Å². The molecule has 8 rings (SSSR count). The second kappa shape index (κ2) is 19.0. The Labute approximate surface area is 351 Å². The lowest BCUT2D eigenvalue weighted by atomic mass is 9.94. The van der Waals surface area contributed by atoms with Gasteiger partial charge in [-0.1, -0.05) is 48.2 Å². The predicted octanol–water partition coefficient (Wildman–Crippen LogP) is 9.75. The van der Waals surface area contributed by atoms with Crippen LogP contribution in [-0.2, 0) is 32.1 Å². The second-order valence-electron chi connectivity index (χ2n) is 13.4. The molecule has 2 atom stereocenters. The minimum absolute atomic E-state index is 0. The number of halogens is 5. The number of carbonyl (C=O) groups excluding carboxylic acids is 4. The Morgan fingerprint density at radius 2 is 1.35 bits per heavy atom. The average Bonchev–Trinajstić information content (AvgIpc) is 4.05.